The molecule has 4 nitrogen and oxygen atoms in total. The summed E-state index contributed by atoms with van der Waals surface area (Å²) in [5.74, 6) is -2.01. The smallest absolute Gasteiger partial charge is 0.168 e. The summed E-state index contributed by atoms with van der Waals surface area (Å²) in [7, 11) is 0. The SMILES string of the molecule is O=Cc1cn(-c2ccncc2)nc1-c1cccc(F)c1F. The molecule has 0 unspecified atom stereocenters. The maximum absolute atomic E-state index is 13.9. The Hall–Kier alpha value is -2.89. The molecular weight excluding hydrogens is 276 g/mol. The summed E-state index contributed by atoms with van der Waals surface area (Å²) in [6.07, 6.45) is 5.16. The molecule has 0 atom stereocenters. The minimum Gasteiger partial charge on any atom is -0.298 e. The molecule has 2 heterocycles. The second-order valence-electron chi connectivity index (χ2n) is 4.30. The van der Waals surface area contributed by atoms with Crippen LogP contribution in [0.3, 0.4) is 0 Å². The van der Waals surface area contributed by atoms with Gasteiger partial charge in [0.15, 0.2) is 17.9 Å². The average molecular weight is 285 g/mol. The van der Waals surface area contributed by atoms with Crippen molar-refractivity contribution in [1.82, 2.24) is 14.8 Å². The molecule has 0 saturated heterocycles. The lowest BCUT2D eigenvalue weighted by Gasteiger charge is -2.02. The second kappa shape index (κ2) is 5.24. The number of carbonyl (C=O) groups is 1. The number of aromatic nitrogens is 3. The molecule has 2 aromatic heterocycles. The number of hydrogen-bond acceptors (Lipinski definition) is 3. The summed E-state index contributed by atoms with van der Waals surface area (Å²) in [4.78, 5) is 15.0. The molecule has 0 bridgehead atoms. The number of carbonyl (C=O) groups excluding carboxylic acids is 1. The number of benzene rings is 1. The van der Waals surface area contributed by atoms with E-state index >= 15 is 0 Å². The predicted octanol–water partition coefficient (Wildman–Crippen LogP) is 3.03. The van der Waals surface area contributed by atoms with Crippen LogP contribution in [0.1, 0.15) is 10.4 Å². The van der Waals surface area contributed by atoms with E-state index < -0.39 is 11.6 Å². The monoisotopic (exact) mass is 285 g/mol. The van der Waals surface area contributed by atoms with Gasteiger partial charge in [-0.15, -0.1) is 0 Å². The van der Waals surface area contributed by atoms with Crippen LogP contribution in [0.15, 0.2) is 48.9 Å². The fourth-order valence-corrected chi connectivity index (χ4v) is 2.00. The molecule has 6 heteroatoms. The van der Waals surface area contributed by atoms with E-state index in [0.29, 0.717) is 12.0 Å². The van der Waals surface area contributed by atoms with Crippen molar-refractivity contribution in [2.45, 2.75) is 0 Å². The summed E-state index contributed by atoms with van der Waals surface area (Å²) in [5.41, 5.74) is 0.885. The lowest BCUT2D eigenvalue weighted by atomic mass is 10.1. The predicted molar refractivity (Wildman–Crippen MR) is 72.1 cm³/mol. The molecule has 0 saturated carbocycles. The second-order valence-corrected chi connectivity index (χ2v) is 4.30. The van der Waals surface area contributed by atoms with E-state index in [4.69, 9.17) is 0 Å². The van der Waals surface area contributed by atoms with Crippen molar-refractivity contribution in [3.05, 3.63) is 66.1 Å². The zero-order valence-electron chi connectivity index (χ0n) is 10.7. The quantitative estimate of drug-likeness (QED) is 0.695. The Kier molecular flexibility index (Phi) is 3.27. The van der Waals surface area contributed by atoms with Crippen molar-refractivity contribution < 1.29 is 13.6 Å². The highest BCUT2D eigenvalue weighted by atomic mass is 19.2. The van der Waals surface area contributed by atoms with E-state index in [1.54, 1.807) is 24.5 Å². The number of hydrogen-bond donors (Lipinski definition) is 0. The number of halogens is 2. The van der Waals surface area contributed by atoms with Crippen LogP contribution < -0.4 is 0 Å². The Morgan fingerprint density at radius 2 is 1.86 bits per heavy atom. The van der Waals surface area contributed by atoms with Crippen LogP contribution in [0.4, 0.5) is 8.78 Å². The van der Waals surface area contributed by atoms with Crippen molar-refractivity contribution in [2.75, 3.05) is 0 Å². The normalized spacial score (nSPS) is 10.6. The van der Waals surface area contributed by atoms with Crippen molar-refractivity contribution in [2.24, 2.45) is 0 Å². The molecule has 0 aliphatic heterocycles. The molecule has 0 aliphatic carbocycles. The van der Waals surface area contributed by atoms with Crippen LogP contribution >= 0.6 is 0 Å². The molecule has 0 amide bonds. The fourth-order valence-electron chi connectivity index (χ4n) is 2.00. The first-order chi connectivity index (χ1) is 10.2. The highest BCUT2D eigenvalue weighted by molar-refractivity contribution is 5.85. The average Bonchev–Trinajstić information content (AvgIpc) is 2.95. The van der Waals surface area contributed by atoms with Gasteiger partial charge >= 0.3 is 0 Å². The van der Waals surface area contributed by atoms with Crippen molar-refractivity contribution in [3.8, 4) is 16.9 Å². The Morgan fingerprint density at radius 3 is 2.57 bits per heavy atom. The highest BCUT2D eigenvalue weighted by Gasteiger charge is 2.17. The Balaban J connectivity index is 2.17. The van der Waals surface area contributed by atoms with Gasteiger partial charge in [-0.2, -0.15) is 5.10 Å². The third kappa shape index (κ3) is 2.31. The molecular formula is C15H9F2N3O. The van der Waals surface area contributed by atoms with Gasteiger partial charge in [-0.25, -0.2) is 13.5 Å². The number of pyridine rings is 1. The molecule has 3 rings (SSSR count). The summed E-state index contributed by atoms with van der Waals surface area (Å²) < 4.78 is 28.6. The first-order valence-electron chi connectivity index (χ1n) is 6.10. The molecule has 1 aromatic carbocycles. The molecule has 3 aromatic rings. The Bertz CT molecular complexity index is 800. The van der Waals surface area contributed by atoms with Crippen LogP contribution in [0.25, 0.3) is 16.9 Å². The van der Waals surface area contributed by atoms with Gasteiger partial charge in [0.1, 0.15) is 5.69 Å². The lowest BCUT2D eigenvalue weighted by molar-refractivity contribution is 0.112. The van der Waals surface area contributed by atoms with Crippen LogP contribution in [0.5, 0.6) is 0 Å². The summed E-state index contributed by atoms with van der Waals surface area (Å²) >= 11 is 0. The largest absolute Gasteiger partial charge is 0.298 e. The topological polar surface area (TPSA) is 47.8 Å². The molecule has 104 valence electrons. The van der Waals surface area contributed by atoms with Gasteiger partial charge in [0.2, 0.25) is 0 Å². The van der Waals surface area contributed by atoms with Crippen LogP contribution in [-0.2, 0) is 0 Å². The fraction of sp³-hybridized carbons (Fsp3) is 0. The van der Waals surface area contributed by atoms with Crippen LogP contribution in [-0.4, -0.2) is 21.1 Å². The molecule has 0 aliphatic rings. The third-order valence-corrected chi connectivity index (χ3v) is 3.00. The maximum atomic E-state index is 13.9. The van der Waals surface area contributed by atoms with Gasteiger partial charge in [-0.1, -0.05) is 6.07 Å². The molecule has 0 fully saturated rings. The molecule has 21 heavy (non-hydrogen) atoms. The summed E-state index contributed by atoms with van der Waals surface area (Å²) in [6.45, 7) is 0. The van der Waals surface area contributed by atoms with E-state index in [1.807, 2.05) is 0 Å². The van der Waals surface area contributed by atoms with E-state index in [9.17, 15) is 13.6 Å². The van der Waals surface area contributed by atoms with Crippen molar-refractivity contribution in [1.29, 1.82) is 0 Å². The van der Waals surface area contributed by atoms with Crippen LogP contribution in [0.2, 0.25) is 0 Å². The van der Waals surface area contributed by atoms with Gasteiger partial charge in [-0.3, -0.25) is 9.78 Å². The van der Waals surface area contributed by atoms with Crippen molar-refractivity contribution >= 4 is 6.29 Å². The third-order valence-electron chi connectivity index (χ3n) is 3.00. The number of rotatable bonds is 3. The summed E-state index contributed by atoms with van der Waals surface area (Å²) in [5, 5.41) is 4.17. The van der Waals surface area contributed by atoms with Crippen molar-refractivity contribution in [3.63, 3.8) is 0 Å². The van der Waals surface area contributed by atoms with Gasteiger partial charge in [0.05, 0.1) is 11.3 Å². The minimum atomic E-state index is -1.03. The van der Waals surface area contributed by atoms with E-state index in [0.717, 1.165) is 6.07 Å². The lowest BCUT2D eigenvalue weighted by Crippen LogP contribution is -1.96. The van der Waals surface area contributed by atoms with E-state index in [-0.39, 0.29) is 16.8 Å². The first-order valence-corrected chi connectivity index (χ1v) is 6.10. The highest BCUT2D eigenvalue weighted by Crippen LogP contribution is 2.26. The zero-order chi connectivity index (χ0) is 14.8. The van der Waals surface area contributed by atoms with Gasteiger partial charge in [0.25, 0.3) is 0 Å². The van der Waals surface area contributed by atoms with E-state index in [1.165, 1.54) is 23.0 Å². The molecule has 0 spiro atoms. The standard InChI is InChI=1S/C15H9F2N3O/c16-13-3-1-2-12(14(13)17)15-10(9-21)8-20(19-15)11-4-6-18-7-5-11/h1-9H. The number of nitrogens with zero attached hydrogens (tertiary/aromatic N) is 3. The Labute approximate surface area is 118 Å². The summed E-state index contributed by atoms with van der Waals surface area (Å²) in [6, 6.07) is 7.14. The zero-order valence-corrected chi connectivity index (χ0v) is 10.7. The van der Waals surface area contributed by atoms with Crippen LogP contribution in [0, 0.1) is 11.6 Å². The van der Waals surface area contributed by atoms with E-state index in [2.05, 4.69) is 10.1 Å². The first kappa shape index (κ1) is 13.1. The number of aldehydes is 1. The van der Waals surface area contributed by atoms with Gasteiger partial charge < -0.3 is 0 Å². The van der Waals surface area contributed by atoms with Gasteiger partial charge in [0, 0.05) is 24.2 Å². The molecule has 0 radical (unpaired) electrons. The minimum absolute atomic E-state index is 0.0510. The molecule has 0 N–H and O–H groups in total. The maximum Gasteiger partial charge on any atom is 0.168 e. The van der Waals surface area contributed by atoms with Gasteiger partial charge in [-0.05, 0) is 24.3 Å². The Morgan fingerprint density at radius 1 is 1.10 bits per heavy atom.